The zero-order chi connectivity index (χ0) is 22.1. The molecule has 31 heavy (non-hydrogen) atoms. The number of aromatic nitrogens is 1. The topological polar surface area (TPSA) is 80.9 Å². The molecule has 1 N–H and O–H groups in total. The van der Waals surface area contributed by atoms with E-state index < -0.39 is 12.0 Å². The van der Waals surface area contributed by atoms with Gasteiger partial charge in [0.15, 0.2) is 4.80 Å². The molecule has 1 aliphatic heterocycles. The molecular formula is C23H19ClN2O4S. The van der Waals surface area contributed by atoms with Crippen LogP contribution in [-0.4, -0.2) is 22.2 Å². The number of halogens is 1. The fourth-order valence-corrected chi connectivity index (χ4v) is 4.83. The molecule has 0 spiro atoms. The molecule has 1 aromatic heterocycles. The molecule has 0 saturated heterocycles. The van der Waals surface area contributed by atoms with E-state index in [1.807, 2.05) is 6.07 Å². The average Bonchev–Trinajstić information content (AvgIpc) is 3.02. The summed E-state index contributed by atoms with van der Waals surface area (Å²) < 4.78 is 7.18. The van der Waals surface area contributed by atoms with E-state index in [2.05, 4.69) is 4.99 Å². The van der Waals surface area contributed by atoms with Crippen LogP contribution in [0.15, 0.2) is 69.6 Å². The molecule has 0 unspecified atom stereocenters. The molecule has 0 fully saturated rings. The van der Waals surface area contributed by atoms with Crippen LogP contribution in [0.3, 0.4) is 0 Å². The average molecular weight is 455 g/mol. The van der Waals surface area contributed by atoms with Crippen molar-refractivity contribution in [2.75, 3.05) is 6.61 Å². The van der Waals surface area contributed by atoms with Crippen molar-refractivity contribution in [1.29, 1.82) is 0 Å². The van der Waals surface area contributed by atoms with E-state index in [-0.39, 0.29) is 23.5 Å². The lowest BCUT2D eigenvalue weighted by Gasteiger charge is -2.25. The van der Waals surface area contributed by atoms with Crippen molar-refractivity contribution in [3.8, 4) is 5.75 Å². The molecule has 0 aliphatic carbocycles. The lowest BCUT2D eigenvalue weighted by Crippen LogP contribution is -2.40. The molecule has 2 aromatic carbocycles. The second-order valence-corrected chi connectivity index (χ2v) is 8.34. The number of benzene rings is 2. The molecule has 3 aromatic rings. The number of fused-ring (bicyclic) bond motifs is 1. The first-order valence-electron chi connectivity index (χ1n) is 9.64. The summed E-state index contributed by atoms with van der Waals surface area (Å²) in [4.78, 5) is 31.3. The van der Waals surface area contributed by atoms with E-state index in [0.717, 1.165) is 0 Å². The molecule has 6 nitrogen and oxygen atoms in total. The number of hydrogen-bond acceptors (Lipinski definition) is 6. The molecule has 0 amide bonds. The number of nitrogens with zero attached hydrogens (tertiary/aromatic N) is 2. The van der Waals surface area contributed by atoms with Crippen molar-refractivity contribution in [2.45, 2.75) is 19.9 Å². The first-order valence-corrected chi connectivity index (χ1v) is 10.8. The quantitative estimate of drug-likeness (QED) is 0.614. The Kier molecular flexibility index (Phi) is 5.80. The highest BCUT2D eigenvalue weighted by Crippen LogP contribution is 2.34. The standard InChI is InChI=1S/C23H19ClN2O4S/c1-3-30-22(29)19-13(2)25-23-26(20(19)16-9-4-5-10-17(16)24)21(28)18(31-23)12-14-7-6-8-15(27)11-14/h4-12,20,27H,3H2,1-2H3/b18-12-/t20-/m0/s1. The smallest absolute Gasteiger partial charge is 0.338 e. The summed E-state index contributed by atoms with van der Waals surface area (Å²) in [6.07, 6.45) is 1.69. The predicted octanol–water partition coefficient (Wildman–Crippen LogP) is 3.16. The Morgan fingerprint density at radius 2 is 2.06 bits per heavy atom. The molecule has 4 rings (SSSR count). The number of hydrogen-bond donors (Lipinski definition) is 1. The second-order valence-electron chi connectivity index (χ2n) is 6.92. The minimum Gasteiger partial charge on any atom is -0.508 e. The van der Waals surface area contributed by atoms with Gasteiger partial charge in [0.1, 0.15) is 11.8 Å². The highest BCUT2D eigenvalue weighted by Gasteiger charge is 2.34. The molecule has 2 heterocycles. The monoisotopic (exact) mass is 454 g/mol. The Morgan fingerprint density at radius 1 is 1.29 bits per heavy atom. The minimum atomic E-state index is -0.754. The molecule has 1 atom stereocenters. The minimum absolute atomic E-state index is 0.107. The Balaban J connectivity index is 1.99. The highest BCUT2D eigenvalue weighted by atomic mass is 35.5. The number of phenolic OH excluding ortho intramolecular Hbond substituents is 1. The number of carbonyl (C=O) groups is 1. The maximum Gasteiger partial charge on any atom is 0.338 e. The van der Waals surface area contributed by atoms with Crippen LogP contribution < -0.4 is 14.9 Å². The van der Waals surface area contributed by atoms with Gasteiger partial charge in [-0.3, -0.25) is 9.36 Å². The number of allylic oxidation sites excluding steroid dienone is 1. The summed E-state index contributed by atoms with van der Waals surface area (Å²) in [6.45, 7) is 3.65. The van der Waals surface area contributed by atoms with E-state index in [1.165, 1.54) is 15.9 Å². The number of aromatic hydroxyl groups is 1. The molecular weight excluding hydrogens is 436 g/mol. The molecule has 158 valence electrons. The molecule has 0 bridgehead atoms. The van der Waals surface area contributed by atoms with E-state index in [4.69, 9.17) is 16.3 Å². The van der Waals surface area contributed by atoms with Crippen molar-refractivity contribution < 1.29 is 14.6 Å². The summed E-state index contributed by atoms with van der Waals surface area (Å²) in [5, 5.41) is 10.2. The first-order chi connectivity index (χ1) is 14.9. The van der Waals surface area contributed by atoms with Gasteiger partial charge in [0.2, 0.25) is 0 Å². The van der Waals surface area contributed by atoms with Gasteiger partial charge in [0.25, 0.3) is 5.56 Å². The Bertz CT molecular complexity index is 1390. The molecule has 0 radical (unpaired) electrons. The van der Waals surface area contributed by atoms with E-state index in [0.29, 0.717) is 31.2 Å². The number of carbonyl (C=O) groups excluding carboxylic acids is 1. The van der Waals surface area contributed by atoms with Gasteiger partial charge in [-0.2, -0.15) is 0 Å². The molecule has 0 saturated carbocycles. The third kappa shape index (κ3) is 3.94. The highest BCUT2D eigenvalue weighted by molar-refractivity contribution is 7.07. The Labute approximate surface area is 187 Å². The Morgan fingerprint density at radius 3 is 2.77 bits per heavy atom. The summed E-state index contributed by atoms with van der Waals surface area (Å²) in [7, 11) is 0. The zero-order valence-electron chi connectivity index (χ0n) is 16.8. The summed E-state index contributed by atoms with van der Waals surface area (Å²) in [5.41, 5.74) is 1.76. The number of phenols is 1. The van der Waals surface area contributed by atoms with Crippen molar-refractivity contribution >= 4 is 35.0 Å². The molecule has 1 aliphatic rings. The third-order valence-corrected chi connectivity index (χ3v) is 6.21. The fraction of sp³-hybridized carbons (Fsp3) is 0.174. The van der Waals surface area contributed by atoms with Crippen LogP contribution in [0.25, 0.3) is 6.08 Å². The fourth-order valence-electron chi connectivity index (χ4n) is 3.55. The van der Waals surface area contributed by atoms with Gasteiger partial charge in [-0.1, -0.05) is 53.3 Å². The van der Waals surface area contributed by atoms with Gasteiger partial charge in [-0.25, -0.2) is 9.79 Å². The van der Waals surface area contributed by atoms with Crippen LogP contribution in [0.5, 0.6) is 5.75 Å². The van der Waals surface area contributed by atoms with E-state index >= 15 is 0 Å². The SMILES string of the molecule is CCOC(=O)C1=C(C)N=c2s/c(=C\c3cccc(O)c3)c(=O)n2[C@H]1c1ccccc1Cl. The van der Waals surface area contributed by atoms with Crippen LogP contribution in [0.1, 0.15) is 31.0 Å². The van der Waals surface area contributed by atoms with Crippen molar-refractivity contribution in [1.82, 2.24) is 4.57 Å². The first kappa shape index (κ1) is 21.1. The van der Waals surface area contributed by atoms with E-state index in [1.54, 1.807) is 62.4 Å². The normalized spacial score (nSPS) is 16.1. The van der Waals surface area contributed by atoms with Crippen molar-refractivity contribution in [3.63, 3.8) is 0 Å². The van der Waals surface area contributed by atoms with Gasteiger partial charge in [0.05, 0.1) is 22.4 Å². The number of esters is 1. The maximum absolute atomic E-state index is 13.4. The van der Waals surface area contributed by atoms with Crippen LogP contribution in [0.2, 0.25) is 5.02 Å². The van der Waals surface area contributed by atoms with Crippen molar-refractivity contribution in [3.05, 3.63) is 95.6 Å². The number of thiazole rings is 1. The lowest BCUT2D eigenvalue weighted by atomic mass is 9.96. The van der Waals surface area contributed by atoms with Gasteiger partial charge in [0, 0.05) is 5.02 Å². The predicted molar refractivity (Wildman–Crippen MR) is 120 cm³/mol. The number of ether oxygens (including phenoxy) is 1. The van der Waals surface area contributed by atoms with E-state index in [9.17, 15) is 14.7 Å². The van der Waals surface area contributed by atoms with Crippen LogP contribution in [0, 0.1) is 0 Å². The summed E-state index contributed by atoms with van der Waals surface area (Å²) in [6, 6.07) is 13.0. The number of rotatable bonds is 4. The van der Waals surface area contributed by atoms with Gasteiger partial charge in [-0.15, -0.1) is 0 Å². The molecule has 8 heteroatoms. The van der Waals surface area contributed by atoms with Gasteiger partial charge >= 0.3 is 5.97 Å². The van der Waals surface area contributed by atoms with Crippen molar-refractivity contribution in [2.24, 2.45) is 4.99 Å². The summed E-state index contributed by atoms with van der Waals surface area (Å²) in [5.74, 6) is -0.424. The van der Waals surface area contributed by atoms with Gasteiger partial charge < -0.3 is 9.84 Å². The second kappa shape index (κ2) is 8.53. The van der Waals surface area contributed by atoms with Crippen LogP contribution in [0.4, 0.5) is 0 Å². The zero-order valence-corrected chi connectivity index (χ0v) is 18.4. The lowest BCUT2D eigenvalue weighted by molar-refractivity contribution is -0.139. The summed E-state index contributed by atoms with van der Waals surface area (Å²) >= 11 is 7.69. The largest absolute Gasteiger partial charge is 0.508 e. The van der Waals surface area contributed by atoms with Crippen LogP contribution >= 0.6 is 22.9 Å². The third-order valence-electron chi connectivity index (χ3n) is 4.88. The maximum atomic E-state index is 13.4. The van der Waals surface area contributed by atoms with Crippen LogP contribution in [-0.2, 0) is 9.53 Å². The Hall–Kier alpha value is -3.16. The van der Waals surface area contributed by atoms with Gasteiger partial charge in [-0.05, 0) is 49.2 Å².